The smallest absolute Gasteiger partial charge is 0.206 e. The van der Waals surface area contributed by atoms with Crippen LogP contribution in [0.1, 0.15) is 28.9 Å². The van der Waals surface area contributed by atoms with Gasteiger partial charge in [0.15, 0.2) is 0 Å². The summed E-state index contributed by atoms with van der Waals surface area (Å²) >= 11 is 0. The van der Waals surface area contributed by atoms with Crippen LogP contribution in [0.15, 0.2) is 52.3 Å². The molecule has 2 aromatic carbocycles. The normalized spacial score (nSPS) is 23.3. The van der Waals surface area contributed by atoms with E-state index in [-0.39, 0.29) is 12.2 Å². The minimum Gasteiger partial charge on any atom is -0.368 e. The van der Waals surface area contributed by atoms with Gasteiger partial charge >= 0.3 is 0 Å². The van der Waals surface area contributed by atoms with Crippen LogP contribution in [-0.4, -0.2) is 21.6 Å². The Bertz CT molecular complexity index is 816. The summed E-state index contributed by atoms with van der Waals surface area (Å²) in [6.45, 7) is 3.36. The first-order valence-electron chi connectivity index (χ1n) is 7.24. The third kappa shape index (κ3) is 2.45. The fraction of sp³-hybridized carbons (Fsp3) is 0.294. The van der Waals surface area contributed by atoms with Gasteiger partial charge in [-0.1, -0.05) is 18.2 Å². The average Bonchev–Trinajstić information content (AvgIpc) is 3.40. The highest BCUT2D eigenvalue weighted by Crippen LogP contribution is 2.34. The van der Waals surface area contributed by atoms with E-state index >= 15 is 0 Å². The molecule has 5 heteroatoms. The van der Waals surface area contributed by atoms with Crippen LogP contribution in [0, 0.1) is 6.92 Å². The standard InChI is InChI=1S/C17H16O4S/c1-11-8-14(6-7-15(11)17-10-21-17)22(18,19)13-4-2-12(3-5-13)16-9-20-16/h2-8,16-17H,9-10H2,1H3. The maximum Gasteiger partial charge on any atom is 0.206 e. The molecular formula is C17H16O4S. The van der Waals surface area contributed by atoms with Gasteiger partial charge in [-0.2, -0.15) is 0 Å². The highest BCUT2D eigenvalue weighted by molar-refractivity contribution is 7.91. The first-order valence-corrected chi connectivity index (χ1v) is 8.73. The Morgan fingerprint density at radius 3 is 2.05 bits per heavy atom. The Morgan fingerprint density at radius 2 is 1.50 bits per heavy atom. The van der Waals surface area contributed by atoms with Gasteiger partial charge in [-0.15, -0.1) is 0 Å². The summed E-state index contributed by atoms with van der Waals surface area (Å²) in [6.07, 6.45) is 0.270. The molecule has 2 saturated heterocycles. The van der Waals surface area contributed by atoms with Crippen molar-refractivity contribution in [1.82, 2.24) is 0 Å². The van der Waals surface area contributed by atoms with Gasteiger partial charge in [-0.3, -0.25) is 0 Å². The molecule has 2 heterocycles. The molecule has 2 aliphatic heterocycles. The van der Waals surface area contributed by atoms with Crippen LogP contribution in [0.5, 0.6) is 0 Å². The molecule has 0 saturated carbocycles. The summed E-state index contributed by atoms with van der Waals surface area (Å²) in [5, 5.41) is 0. The molecular weight excluding hydrogens is 300 g/mol. The topological polar surface area (TPSA) is 59.2 Å². The van der Waals surface area contributed by atoms with Crippen molar-refractivity contribution < 1.29 is 17.9 Å². The number of rotatable bonds is 4. The fourth-order valence-electron chi connectivity index (χ4n) is 2.64. The van der Waals surface area contributed by atoms with Crippen molar-refractivity contribution in [3.8, 4) is 0 Å². The number of hydrogen-bond donors (Lipinski definition) is 0. The molecule has 0 amide bonds. The van der Waals surface area contributed by atoms with Gasteiger partial charge < -0.3 is 9.47 Å². The predicted octanol–water partition coefficient (Wildman–Crippen LogP) is 2.97. The Hall–Kier alpha value is -1.69. The summed E-state index contributed by atoms with van der Waals surface area (Å²) in [5.74, 6) is 0. The lowest BCUT2D eigenvalue weighted by Gasteiger charge is -2.09. The lowest BCUT2D eigenvalue weighted by molar-refractivity contribution is 0.415. The van der Waals surface area contributed by atoms with Crippen molar-refractivity contribution in [2.45, 2.75) is 28.9 Å². The Balaban J connectivity index is 1.68. The maximum atomic E-state index is 12.7. The largest absolute Gasteiger partial charge is 0.368 e. The zero-order valence-electron chi connectivity index (χ0n) is 12.2. The molecule has 0 radical (unpaired) electrons. The van der Waals surface area contributed by atoms with Crippen molar-refractivity contribution >= 4 is 9.84 Å². The summed E-state index contributed by atoms with van der Waals surface area (Å²) in [7, 11) is -3.49. The van der Waals surface area contributed by atoms with Crippen LogP contribution < -0.4 is 0 Å². The summed E-state index contributed by atoms with van der Waals surface area (Å²) in [6, 6.07) is 12.2. The number of epoxide rings is 2. The molecule has 0 N–H and O–H groups in total. The Kier molecular flexibility index (Phi) is 3.11. The number of hydrogen-bond acceptors (Lipinski definition) is 4. The summed E-state index contributed by atoms with van der Waals surface area (Å²) in [4.78, 5) is 0.636. The molecule has 2 atom stereocenters. The quantitative estimate of drug-likeness (QED) is 0.814. The van der Waals surface area contributed by atoms with E-state index in [0.717, 1.165) is 29.9 Å². The average molecular weight is 316 g/mol. The van der Waals surface area contributed by atoms with Crippen molar-refractivity contribution in [2.75, 3.05) is 13.2 Å². The van der Waals surface area contributed by atoms with E-state index in [0.29, 0.717) is 9.79 Å². The summed E-state index contributed by atoms with van der Waals surface area (Å²) in [5.41, 5.74) is 3.04. The lowest BCUT2D eigenvalue weighted by Crippen LogP contribution is -2.03. The fourth-order valence-corrected chi connectivity index (χ4v) is 3.99. The van der Waals surface area contributed by atoms with Gasteiger partial charge in [0, 0.05) is 0 Å². The van der Waals surface area contributed by atoms with Crippen LogP contribution in [-0.2, 0) is 19.3 Å². The van der Waals surface area contributed by atoms with E-state index in [1.807, 2.05) is 25.1 Å². The van der Waals surface area contributed by atoms with Gasteiger partial charge in [0.25, 0.3) is 0 Å². The molecule has 2 aliphatic rings. The molecule has 114 valence electrons. The van der Waals surface area contributed by atoms with Crippen LogP contribution in [0.25, 0.3) is 0 Å². The Morgan fingerprint density at radius 1 is 0.909 bits per heavy atom. The first-order chi connectivity index (χ1) is 10.6. The first kappa shape index (κ1) is 13.9. The van der Waals surface area contributed by atoms with E-state index in [9.17, 15) is 8.42 Å². The van der Waals surface area contributed by atoms with Crippen LogP contribution >= 0.6 is 0 Å². The SMILES string of the molecule is Cc1cc(S(=O)(=O)c2ccc(C3CO3)cc2)ccc1C1CO1. The maximum absolute atomic E-state index is 12.7. The minimum atomic E-state index is -3.49. The molecule has 4 nitrogen and oxygen atoms in total. The van der Waals surface area contributed by atoms with E-state index in [2.05, 4.69) is 0 Å². The van der Waals surface area contributed by atoms with Crippen molar-refractivity contribution in [1.29, 1.82) is 0 Å². The van der Waals surface area contributed by atoms with Crippen LogP contribution in [0.3, 0.4) is 0 Å². The van der Waals surface area contributed by atoms with Gasteiger partial charge in [0.05, 0.1) is 23.0 Å². The van der Waals surface area contributed by atoms with E-state index < -0.39 is 9.84 Å². The van der Waals surface area contributed by atoms with Crippen LogP contribution in [0.2, 0.25) is 0 Å². The van der Waals surface area contributed by atoms with Gasteiger partial charge in [-0.25, -0.2) is 8.42 Å². The second-order valence-corrected chi connectivity index (χ2v) is 7.68. The zero-order valence-corrected chi connectivity index (χ0v) is 13.0. The molecule has 4 rings (SSSR count). The second-order valence-electron chi connectivity index (χ2n) is 5.73. The number of sulfone groups is 1. The van der Waals surface area contributed by atoms with Crippen molar-refractivity contribution in [3.63, 3.8) is 0 Å². The van der Waals surface area contributed by atoms with E-state index in [1.54, 1.807) is 24.3 Å². The van der Waals surface area contributed by atoms with Gasteiger partial charge in [0.2, 0.25) is 9.84 Å². The molecule has 2 aromatic rings. The summed E-state index contributed by atoms with van der Waals surface area (Å²) < 4.78 is 35.9. The predicted molar refractivity (Wildman–Crippen MR) is 80.5 cm³/mol. The monoisotopic (exact) mass is 316 g/mol. The highest BCUT2D eigenvalue weighted by atomic mass is 32.2. The zero-order chi connectivity index (χ0) is 15.3. The molecule has 2 unspecified atom stereocenters. The number of ether oxygens (including phenoxy) is 2. The molecule has 0 bridgehead atoms. The molecule has 22 heavy (non-hydrogen) atoms. The van der Waals surface area contributed by atoms with Gasteiger partial charge in [0.1, 0.15) is 12.2 Å². The highest BCUT2D eigenvalue weighted by Gasteiger charge is 2.28. The number of aryl methyl sites for hydroxylation is 1. The molecule has 2 fully saturated rings. The van der Waals surface area contributed by atoms with E-state index in [1.165, 1.54) is 0 Å². The Labute approximate surface area is 129 Å². The van der Waals surface area contributed by atoms with E-state index in [4.69, 9.17) is 9.47 Å². The van der Waals surface area contributed by atoms with Crippen LogP contribution in [0.4, 0.5) is 0 Å². The third-order valence-electron chi connectivity index (χ3n) is 4.13. The third-order valence-corrected chi connectivity index (χ3v) is 5.89. The number of benzene rings is 2. The second kappa shape index (κ2) is 4.91. The van der Waals surface area contributed by atoms with Crippen molar-refractivity contribution in [3.05, 3.63) is 59.2 Å². The minimum absolute atomic E-state index is 0.134. The van der Waals surface area contributed by atoms with Gasteiger partial charge in [-0.05, 0) is 47.9 Å². The molecule has 0 aromatic heterocycles. The van der Waals surface area contributed by atoms with Crippen molar-refractivity contribution in [2.24, 2.45) is 0 Å². The molecule has 0 aliphatic carbocycles. The molecule has 0 spiro atoms. The lowest BCUT2D eigenvalue weighted by atomic mass is 10.1.